The van der Waals surface area contributed by atoms with E-state index < -0.39 is 29.7 Å². The van der Waals surface area contributed by atoms with E-state index in [0.717, 1.165) is 18.2 Å². The molecule has 1 aromatic carbocycles. The number of rotatable bonds is 3. The Morgan fingerprint density at radius 1 is 1.23 bits per heavy atom. The maximum Gasteiger partial charge on any atom is 0.416 e. The highest BCUT2D eigenvalue weighted by molar-refractivity contribution is 6.33. The number of hydrogen-bond donors (Lipinski definition) is 2. The minimum Gasteiger partial charge on any atom is -0.483 e. The molecule has 3 rings (SSSR count). The van der Waals surface area contributed by atoms with Gasteiger partial charge in [-0.1, -0.05) is 11.6 Å². The molecule has 30 heavy (non-hydrogen) atoms. The summed E-state index contributed by atoms with van der Waals surface area (Å²) in [6, 6.07) is 2.19. The number of hydrogen-bond acceptors (Lipinski definition) is 5. The summed E-state index contributed by atoms with van der Waals surface area (Å²) in [4.78, 5) is 35.6. The molecule has 2 bridgehead atoms. The number of benzene rings is 1. The van der Waals surface area contributed by atoms with Gasteiger partial charge >= 0.3 is 12.1 Å². The summed E-state index contributed by atoms with van der Waals surface area (Å²) in [6.07, 6.45) is -4.59. The number of alkyl halides is 3. The molecule has 0 aromatic heterocycles. The van der Waals surface area contributed by atoms with Crippen molar-refractivity contribution < 1.29 is 42.5 Å². The smallest absolute Gasteiger partial charge is 0.416 e. The minimum atomic E-state index is -4.59. The van der Waals surface area contributed by atoms with Crippen LogP contribution in [0.1, 0.15) is 15.9 Å². The van der Waals surface area contributed by atoms with Gasteiger partial charge in [-0.3, -0.25) is 19.3 Å². The molecule has 2 aliphatic rings. The summed E-state index contributed by atoms with van der Waals surface area (Å²) in [6.45, 7) is 1.10. The maximum absolute atomic E-state index is 13.0. The highest BCUT2D eigenvalue weighted by atomic mass is 35.5. The molecule has 2 atom stereocenters. The predicted octanol–water partition coefficient (Wildman–Crippen LogP) is 1.92. The minimum absolute atomic E-state index is 0.0601. The monoisotopic (exact) mass is 452 g/mol. The second-order valence-corrected chi connectivity index (χ2v) is 7.31. The van der Waals surface area contributed by atoms with Crippen molar-refractivity contribution in [1.82, 2.24) is 9.80 Å². The number of halogens is 4. The van der Waals surface area contributed by atoms with Crippen LogP contribution in [-0.4, -0.2) is 83.8 Å². The van der Waals surface area contributed by atoms with Crippen LogP contribution in [0.2, 0.25) is 5.02 Å². The molecule has 1 amide bonds. The van der Waals surface area contributed by atoms with Gasteiger partial charge in [0.05, 0.1) is 41.9 Å². The number of nitrogens with zero attached hydrogens (tertiary/aromatic N) is 2. The molecule has 2 heterocycles. The normalized spacial score (nSPS) is 21.8. The van der Waals surface area contributed by atoms with Gasteiger partial charge in [0.25, 0.3) is 12.4 Å². The summed E-state index contributed by atoms with van der Waals surface area (Å²) in [7, 11) is 0. The SMILES string of the molecule is O=C(O)CN1C[C@@H]2COC[C@H](C1)N(C(=O)c1cc(C(F)(F)F)ccc1Cl)C2.O=CO. The highest BCUT2D eigenvalue weighted by Crippen LogP contribution is 2.33. The second kappa shape index (κ2) is 10.1. The third-order valence-electron chi connectivity index (χ3n) is 4.69. The molecule has 0 aliphatic carbocycles. The number of carboxylic acids is 1. The molecular formula is C18H20ClF3N2O6. The summed E-state index contributed by atoms with van der Waals surface area (Å²) in [5.41, 5.74) is -1.17. The maximum atomic E-state index is 13.0. The van der Waals surface area contributed by atoms with E-state index in [-0.39, 0.29) is 49.2 Å². The first-order valence-corrected chi connectivity index (χ1v) is 9.22. The summed E-state index contributed by atoms with van der Waals surface area (Å²) in [5, 5.41) is 15.9. The lowest BCUT2D eigenvalue weighted by Gasteiger charge is -2.31. The fourth-order valence-electron chi connectivity index (χ4n) is 3.53. The summed E-state index contributed by atoms with van der Waals surface area (Å²) >= 11 is 6.01. The highest BCUT2D eigenvalue weighted by Gasteiger charge is 2.38. The van der Waals surface area contributed by atoms with Gasteiger partial charge in [-0.05, 0) is 18.2 Å². The van der Waals surface area contributed by atoms with Crippen LogP contribution in [0, 0.1) is 5.92 Å². The van der Waals surface area contributed by atoms with Gasteiger partial charge in [0.2, 0.25) is 0 Å². The van der Waals surface area contributed by atoms with Crippen LogP contribution in [0.5, 0.6) is 0 Å². The average molecular weight is 453 g/mol. The summed E-state index contributed by atoms with van der Waals surface area (Å²) in [5.74, 6) is -1.72. The zero-order valence-corrected chi connectivity index (χ0v) is 16.4. The van der Waals surface area contributed by atoms with E-state index in [1.54, 1.807) is 4.90 Å². The van der Waals surface area contributed by atoms with Crippen LogP contribution < -0.4 is 0 Å². The average Bonchev–Trinajstić information content (AvgIpc) is 2.91. The first-order valence-electron chi connectivity index (χ1n) is 8.84. The fraction of sp³-hybridized carbons (Fsp3) is 0.500. The number of aliphatic carboxylic acids is 1. The van der Waals surface area contributed by atoms with Gasteiger partial charge in [-0.25, -0.2) is 0 Å². The molecule has 12 heteroatoms. The van der Waals surface area contributed by atoms with Gasteiger partial charge in [-0.15, -0.1) is 0 Å². The van der Waals surface area contributed by atoms with Crippen molar-refractivity contribution in [2.24, 2.45) is 5.92 Å². The van der Waals surface area contributed by atoms with E-state index in [9.17, 15) is 22.8 Å². The topological polar surface area (TPSA) is 107 Å². The number of ether oxygens (including phenoxy) is 1. The molecule has 0 radical (unpaired) electrons. The second-order valence-electron chi connectivity index (χ2n) is 6.90. The zero-order valence-electron chi connectivity index (χ0n) is 15.6. The number of carbonyl (C=O) groups excluding carboxylic acids is 1. The number of amides is 1. The van der Waals surface area contributed by atoms with Crippen molar-refractivity contribution in [2.45, 2.75) is 12.2 Å². The Bertz CT molecular complexity index is 792. The van der Waals surface area contributed by atoms with Crippen molar-refractivity contribution >= 4 is 29.9 Å². The van der Waals surface area contributed by atoms with Crippen LogP contribution in [-0.2, 0) is 20.5 Å². The van der Waals surface area contributed by atoms with Crippen LogP contribution in [0.25, 0.3) is 0 Å². The van der Waals surface area contributed by atoms with Crippen molar-refractivity contribution in [2.75, 3.05) is 39.4 Å². The van der Waals surface area contributed by atoms with E-state index in [0.29, 0.717) is 13.2 Å². The molecule has 8 nitrogen and oxygen atoms in total. The Labute approximate surface area is 174 Å². The molecule has 2 fully saturated rings. The Morgan fingerprint density at radius 3 is 2.50 bits per heavy atom. The zero-order chi connectivity index (χ0) is 22.5. The Morgan fingerprint density at radius 2 is 1.90 bits per heavy atom. The van der Waals surface area contributed by atoms with Crippen LogP contribution in [0.4, 0.5) is 13.2 Å². The third kappa shape index (κ3) is 6.07. The molecule has 2 N–H and O–H groups in total. The molecule has 0 saturated carbocycles. The van der Waals surface area contributed by atoms with Crippen molar-refractivity contribution in [3.05, 3.63) is 34.3 Å². The first-order chi connectivity index (χ1) is 14.1. The molecular weight excluding hydrogens is 433 g/mol. The standard InChI is InChI=1S/C17H18ClF3N2O4.CH2O2/c18-14-2-1-11(17(19,20)21)3-13(14)16(26)23-5-10-4-22(7-15(24)25)6-12(23)9-27-8-10;2-1-3/h1-3,10,12H,4-9H2,(H,24,25);1H,(H,2,3)/t10-,12-;/m0./s1. The molecule has 2 saturated heterocycles. The quantitative estimate of drug-likeness (QED) is 0.674. The summed E-state index contributed by atoms with van der Waals surface area (Å²) < 4.78 is 44.6. The van der Waals surface area contributed by atoms with Crippen molar-refractivity contribution in [1.29, 1.82) is 0 Å². The Kier molecular flexibility index (Phi) is 8.04. The van der Waals surface area contributed by atoms with Crippen LogP contribution >= 0.6 is 11.6 Å². The number of fused-ring (bicyclic) bond motifs is 3. The van der Waals surface area contributed by atoms with Crippen LogP contribution in [0.3, 0.4) is 0 Å². The van der Waals surface area contributed by atoms with Gasteiger partial charge in [0.15, 0.2) is 0 Å². The van der Waals surface area contributed by atoms with Gasteiger partial charge in [0.1, 0.15) is 0 Å². The van der Waals surface area contributed by atoms with Gasteiger partial charge < -0.3 is 19.8 Å². The van der Waals surface area contributed by atoms with E-state index in [1.165, 1.54) is 4.90 Å². The van der Waals surface area contributed by atoms with Gasteiger partial charge in [0, 0.05) is 25.6 Å². The van der Waals surface area contributed by atoms with Crippen molar-refractivity contribution in [3.63, 3.8) is 0 Å². The predicted molar refractivity (Wildman–Crippen MR) is 98.4 cm³/mol. The van der Waals surface area contributed by atoms with E-state index in [1.807, 2.05) is 0 Å². The molecule has 1 aromatic rings. The number of carboxylic acid groups (broad SMARTS) is 2. The van der Waals surface area contributed by atoms with Crippen LogP contribution in [0.15, 0.2) is 18.2 Å². The largest absolute Gasteiger partial charge is 0.483 e. The molecule has 0 unspecified atom stereocenters. The first kappa shape index (κ1) is 23.9. The number of carbonyl (C=O) groups is 3. The fourth-order valence-corrected chi connectivity index (χ4v) is 3.73. The third-order valence-corrected chi connectivity index (χ3v) is 5.02. The van der Waals surface area contributed by atoms with E-state index >= 15 is 0 Å². The lowest BCUT2D eigenvalue weighted by atomic mass is 10.1. The molecule has 0 spiro atoms. The Balaban J connectivity index is 0.00000101. The van der Waals surface area contributed by atoms with Crippen molar-refractivity contribution in [3.8, 4) is 0 Å². The van der Waals surface area contributed by atoms with E-state index in [2.05, 4.69) is 0 Å². The Hall–Kier alpha value is -2.37. The molecule has 166 valence electrons. The lowest BCUT2D eigenvalue weighted by Crippen LogP contribution is -2.47. The molecule has 2 aliphatic heterocycles. The van der Waals surface area contributed by atoms with E-state index in [4.69, 9.17) is 31.3 Å². The lowest BCUT2D eigenvalue weighted by molar-refractivity contribution is -0.139. The van der Waals surface area contributed by atoms with Gasteiger partial charge in [-0.2, -0.15) is 13.2 Å².